The number of esters is 1. The molecular formula is C10H17NO2. The highest BCUT2D eigenvalue weighted by Crippen LogP contribution is 2.16. The number of carbonyl (C=O) groups is 1. The van der Waals surface area contributed by atoms with Gasteiger partial charge >= 0.3 is 5.97 Å². The molecule has 0 bridgehead atoms. The molecule has 0 aliphatic carbocycles. The molecule has 1 rings (SSSR count). The van der Waals surface area contributed by atoms with Crippen LogP contribution in [-0.2, 0) is 9.53 Å². The van der Waals surface area contributed by atoms with Gasteiger partial charge in [0, 0.05) is 24.9 Å². The number of methoxy groups -OCH3 is 1. The van der Waals surface area contributed by atoms with E-state index in [4.69, 9.17) is 0 Å². The second kappa shape index (κ2) is 4.90. The SMILES string of the molecule is CCC(=CC(=O)OC)N1CCCC1. The minimum Gasteiger partial charge on any atom is -0.466 e. The molecule has 0 aromatic rings. The zero-order valence-electron chi connectivity index (χ0n) is 8.38. The van der Waals surface area contributed by atoms with Crippen molar-refractivity contribution < 1.29 is 9.53 Å². The maximum atomic E-state index is 11.0. The third-order valence-corrected chi connectivity index (χ3v) is 2.36. The second-order valence-corrected chi connectivity index (χ2v) is 3.21. The Morgan fingerprint density at radius 3 is 2.54 bits per heavy atom. The molecule has 1 aliphatic rings. The van der Waals surface area contributed by atoms with Gasteiger partial charge in [0.25, 0.3) is 0 Å². The Kier molecular flexibility index (Phi) is 3.80. The normalized spacial score (nSPS) is 17.7. The zero-order valence-corrected chi connectivity index (χ0v) is 8.38. The topological polar surface area (TPSA) is 29.5 Å². The van der Waals surface area contributed by atoms with Gasteiger partial charge in [-0.2, -0.15) is 0 Å². The van der Waals surface area contributed by atoms with E-state index in [1.807, 2.05) is 0 Å². The van der Waals surface area contributed by atoms with Crippen molar-refractivity contribution in [3.05, 3.63) is 11.8 Å². The minimum absolute atomic E-state index is 0.247. The van der Waals surface area contributed by atoms with Crippen LogP contribution in [0.3, 0.4) is 0 Å². The van der Waals surface area contributed by atoms with Crippen LogP contribution < -0.4 is 0 Å². The number of allylic oxidation sites excluding steroid dienone is 1. The quantitative estimate of drug-likeness (QED) is 0.491. The lowest BCUT2D eigenvalue weighted by molar-refractivity contribution is -0.135. The van der Waals surface area contributed by atoms with Gasteiger partial charge in [-0.25, -0.2) is 4.79 Å². The first-order valence-electron chi connectivity index (χ1n) is 4.81. The third kappa shape index (κ3) is 2.76. The van der Waals surface area contributed by atoms with Gasteiger partial charge in [-0.1, -0.05) is 6.92 Å². The van der Waals surface area contributed by atoms with Crippen LogP contribution in [-0.4, -0.2) is 31.1 Å². The molecule has 0 aromatic heterocycles. The Labute approximate surface area is 79.4 Å². The van der Waals surface area contributed by atoms with Crippen LogP contribution in [0.5, 0.6) is 0 Å². The van der Waals surface area contributed by atoms with Gasteiger partial charge in [-0.05, 0) is 19.3 Å². The minimum atomic E-state index is -0.247. The second-order valence-electron chi connectivity index (χ2n) is 3.21. The number of nitrogens with zero attached hydrogens (tertiary/aromatic N) is 1. The van der Waals surface area contributed by atoms with Crippen molar-refractivity contribution in [2.75, 3.05) is 20.2 Å². The van der Waals surface area contributed by atoms with E-state index >= 15 is 0 Å². The van der Waals surface area contributed by atoms with Crippen molar-refractivity contribution in [3.63, 3.8) is 0 Å². The van der Waals surface area contributed by atoms with E-state index < -0.39 is 0 Å². The molecule has 1 saturated heterocycles. The number of hydrogen-bond acceptors (Lipinski definition) is 3. The molecule has 0 aromatic carbocycles. The molecule has 0 atom stereocenters. The summed E-state index contributed by atoms with van der Waals surface area (Å²) in [6.07, 6.45) is 4.97. The lowest BCUT2D eigenvalue weighted by atomic mass is 10.3. The summed E-state index contributed by atoms with van der Waals surface area (Å²) in [5, 5.41) is 0. The van der Waals surface area contributed by atoms with E-state index in [1.165, 1.54) is 20.0 Å². The summed E-state index contributed by atoms with van der Waals surface area (Å²) in [5.41, 5.74) is 1.10. The van der Waals surface area contributed by atoms with E-state index in [-0.39, 0.29) is 5.97 Å². The van der Waals surface area contributed by atoms with Crippen LogP contribution in [0.4, 0.5) is 0 Å². The lowest BCUT2D eigenvalue weighted by Gasteiger charge is -2.19. The van der Waals surface area contributed by atoms with E-state index in [1.54, 1.807) is 6.08 Å². The molecule has 1 heterocycles. The first kappa shape index (κ1) is 10.1. The number of rotatable bonds is 3. The molecule has 0 radical (unpaired) electrons. The molecule has 0 unspecified atom stereocenters. The Bertz CT molecular complexity index is 205. The molecule has 0 N–H and O–H groups in total. The van der Waals surface area contributed by atoms with Gasteiger partial charge in [-0.3, -0.25) is 0 Å². The molecule has 13 heavy (non-hydrogen) atoms. The summed E-state index contributed by atoms with van der Waals surface area (Å²) in [4.78, 5) is 13.3. The van der Waals surface area contributed by atoms with E-state index in [2.05, 4.69) is 16.6 Å². The smallest absolute Gasteiger partial charge is 0.332 e. The van der Waals surface area contributed by atoms with Crippen LogP contribution in [0.1, 0.15) is 26.2 Å². The fourth-order valence-electron chi connectivity index (χ4n) is 1.62. The summed E-state index contributed by atoms with van der Waals surface area (Å²) in [6, 6.07) is 0. The van der Waals surface area contributed by atoms with E-state index in [0.717, 1.165) is 25.2 Å². The molecule has 1 aliphatic heterocycles. The highest BCUT2D eigenvalue weighted by molar-refractivity contribution is 5.82. The molecule has 3 nitrogen and oxygen atoms in total. The number of carbonyl (C=O) groups excluding carboxylic acids is 1. The average Bonchev–Trinajstić information content (AvgIpc) is 2.66. The fourth-order valence-corrected chi connectivity index (χ4v) is 1.62. The molecular weight excluding hydrogens is 166 g/mol. The van der Waals surface area contributed by atoms with Gasteiger partial charge in [-0.15, -0.1) is 0 Å². The van der Waals surface area contributed by atoms with Crippen LogP contribution in [0.25, 0.3) is 0 Å². The summed E-state index contributed by atoms with van der Waals surface area (Å²) >= 11 is 0. The van der Waals surface area contributed by atoms with E-state index in [0.29, 0.717) is 0 Å². The van der Waals surface area contributed by atoms with Crippen molar-refractivity contribution in [3.8, 4) is 0 Å². The lowest BCUT2D eigenvalue weighted by Crippen LogP contribution is -2.19. The maximum absolute atomic E-state index is 11.0. The van der Waals surface area contributed by atoms with Gasteiger partial charge < -0.3 is 9.64 Å². The van der Waals surface area contributed by atoms with Crippen LogP contribution >= 0.6 is 0 Å². The Morgan fingerprint density at radius 1 is 1.46 bits per heavy atom. The van der Waals surface area contributed by atoms with Crippen molar-refractivity contribution in [1.29, 1.82) is 0 Å². The van der Waals surface area contributed by atoms with Crippen molar-refractivity contribution in [2.24, 2.45) is 0 Å². The van der Waals surface area contributed by atoms with Gasteiger partial charge in [0.1, 0.15) is 0 Å². The Hall–Kier alpha value is -0.990. The standard InChI is InChI=1S/C10H17NO2/c1-3-9(8-10(12)13-2)11-6-4-5-7-11/h8H,3-7H2,1-2H3. The van der Waals surface area contributed by atoms with Crippen LogP contribution in [0.2, 0.25) is 0 Å². The van der Waals surface area contributed by atoms with E-state index in [9.17, 15) is 4.79 Å². The van der Waals surface area contributed by atoms with Crippen molar-refractivity contribution in [1.82, 2.24) is 4.90 Å². The summed E-state index contributed by atoms with van der Waals surface area (Å²) in [5.74, 6) is -0.247. The predicted molar refractivity (Wildman–Crippen MR) is 51.2 cm³/mol. The monoisotopic (exact) mass is 183 g/mol. The average molecular weight is 183 g/mol. The first-order valence-corrected chi connectivity index (χ1v) is 4.81. The summed E-state index contributed by atoms with van der Waals surface area (Å²) in [6.45, 7) is 4.22. The summed E-state index contributed by atoms with van der Waals surface area (Å²) < 4.78 is 4.60. The zero-order chi connectivity index (χ0) is 9.68. The van der Waals surface area contributed by atoms with Crippen molar-refractivity contribution in [2.45, 2.75) is 26.2 Å². The Balaban J connectivity index is 2.59. The molecule has 0 amide bonds. The molecule has 1 fully saturated rings. The molecule has 0 spiro atoms. The highest BCUT2D eigenvalue weighted by atomic mass is 16.5. The highest BCUT2D eigenvalue weighted by Gasteiger charge is 2.14. The molecule has 3 heteroatoms. The van der Waals surface area contributed by atoms with Crippen LogP contribution in [0, 0.1) is 0 Å². The first-order chi connectivity index (χ1) is 6.27. The van der Waals surface area contributed by atoms with Crippen molar-refractivity contribution >= 4 is 5.97 Å². The fraction of sp³-hybridized carbons (Fsp3) is 0.700. The van der Waals surface area contributed by atoms with Gasteiger partial charge in [0.05, 0.1) is 7.11 Å². The summed E-state index contributed by atoms with van der Waals surface area (Å²) in [7, 11) is 1.41. The molecule has 74 valence electrons. The van der Waals surface area contributed by atoms with Crippen LogP contribution in [0.15, 0.2) is 11.8 Å². The Morgan fingerprint density at radius 2 is 2.08 bits per heavy atom. The van der Waals surface area contributed by atoms with Gasteiger partial charge in [0.15, 0.2) is 0 Å². The largest absolute Gasteiger partial charge is 0.466 e. The molecule has 0 saturated carbocycles. The van der Waals surface area contributed by atoms with Gasteiger partial charge in [0.2, 0.25) is 0 Å². The third-order valence-electron chi connectivity index (χ3n) is 2.36. The predicted octanol–water partition coefficient (Wildman–Crippen LogP) is 1.55. The number of hydrogen-bond donors (Lipinski definition) is 0. The number of likely N-dealkylation sites (tertiary alicyclic amines) is 1. The number of ether oxygens (including phenoxy) is 1. The maximum Gasteiger partial charge on any atom is 0.332 e.